The predicted octanol–water partition coefficient (Wildman–Crippen LogP) is -0.604. The summed E-state index contributed by atoms with van der Waals surface area (Å²) in [5.74, 6) is -7.30. The van der Waals surface area contributed by atoms with Gasteiger partial charge >= 0.3 is 11.9 Å². The normalized spacial score (nSPS) is 24.0. The summed E-state index contributed by atoms with van der Waals surface area (Å²) in [7, 11) is 1.15. The van der Waals surface area contributed by atoms with E-state index in [1.54, 1.807) is 0 Å². The number of esters is 2. The van der Waals surface area contributed by atoms with E-state index in [1.165, 1.54) is 0 Å². The fourth-order valence-electron chi connectivity index (χ4n) is 3.26. The van der Waals surface area contributed by atoms with Gasteiger partial charge in [0.05, 0.1) is 11.1 Å². The minimum absolute atomic E-state index is 0.360. The number of rotatable bonds is 6. The second-order valence-electron chi connectivity index (χ2n) is 7.45. The Balaban J connectivity index is 1.80. The number of aromatic hydroxyl groups is 6. The third kappa shape index (κ3) is 5.25. The molecular weight excluding hydrogens is 476 g/mol. The molecule has 0 amide bonds. The van der Waals surface area contributed by atoms with E-state index < -0.39 is 89.3 Å². The number of carbonyl (C=O) groups is 2. The summed E-state index contributed by atoms with van der Waals surface area (Å²) < 4.78 is 20.6. The summed E-state index contributed by atoms with van der Waals surface area (Å²) in [6, 6.07) is 3.19. The van der Waals surface area contributed by atoms with Gasteiger partial charge in [0.15, 0.2) is 46.9 Å². The molecule has 3 rings (SSSR count). The molecule has 190 valence electrons. The Morgan fingerprint density at radius 2 is 1.26 bits per heavy atom. The zero-order chi connectivity index (χ0) is 26.0. The first-order valence-electron chi connectivity index (χ1n) is 9.87. The number of benzene rings is 2. The zero-order valence-electron chi connectivity index (χ0n) is 17.9. The molecule has 1 saturated heterocycles. The molecule has 0 spiro atoms. The lowest BCUT2D eigenvalue weighted by Crippen LogP contribution is -2.60. The number of phenols is 6. The van der Waals surface area contributed by atoms with Gasteiger partial charge in [-0.15, -0.1) is 0 Å². The molecule has 5 unspecified atom stereocenters. The van der Waals surface area contributed by atoms with Crippen molar-refractivity contribution < 1.29 is 69.4 Å². The largest absolute Gasteiger partial charge is 0.504 e. The van der Waals surface area contributed by atoms with Gasteiger partial charge in [-0.25, -0.2) is 9.59 Å². The van der Waals surface area contributed by atoms with Crippen molar-refractivity contribution in [2.24, 2.45) is 0 Å². The minimum atomic E-state index is -1.80. The molecule has 0 radical (unpaired) electrons. The first-order valence-corrected chi connectivity index (χ1v) is 9.87. The van der Waals surface area contributed by atoms with Crippen molar-refractivity contribution in [3.63, 3.8) is 0 Å². The van der Waals surface area contributed by atoms with Crippen LogP contribution in [-0.2, 0) is 18.9 Å². The van der Waals surface area contributed by atoms with Gasteiger partial charge in [0.1, 0.15) is 24.9 Å². The maximum Gasteiger partial charge on any atom is 0.338 e. The highest BCUT2D eigenvalue weighted by Crippen LogP contribution is 2.37. The molecule has 1 heterocycles. The van der Waals surface area contributed by atoms with Crippen LogP contribution in [-0.4, -0.2) is 97.2 Å². The number of aliphatic hydroxyl groups is 2. The van der Waals surface area contributed by atoms with Gasteiger partial charge in [-0.1, -0.05) is 0 Å². The molecule has 2 aromatic rings. The van der Waals surface area contributed by atoms with Gasteiger partial charge in [0, 0.05) is 7.11 Å². The molecule has 35 heavy (non-hydrogen) atoms. The van der Waals surface area contributed by atoms with Crippen LogP contribution in [0.4, 0.5) is 0 Å². The van der Waals surface area contributed by atoms with E-state index in [0.717, 1.165) is 31.4 Å². The van der Waals surface area contributed by atoms with Crippen LogP contribution >= 0.6 is 0 Å². The van der Waals surface area contributed by atoms with Gasteiger partial charge in [0.25, 0.3) is 0 Å². The van der Waals surface area contributed by atoms with Crippen molar-refractivity contribution in [1.29, 1.82) is 0 Å². The summed E-state index contributed by atoms with van der Waals surface area (Å²) in [5.41, 5.74) is -0.791. The van der Waals surface area contributed by atoms with Crippen LogP contribution in [0.3, 0.4) is 0 Å². The average Bonchev–Trinajstić information content (AvgIpc) is 2.82. The van der Waals surface area contributed by atoms with Crippen molar-refractivity contribution in [1.82, 2.24) is 0 Å². The lowest BCUT2D eigenvalue weighted by molar-refractivity contribution is -0.293. The highest BCUT2D eigenvalue weighted by atomic mass is 16.7. The first kappa shape index (κ1) is 25.6. The molecule has 1 fully saturated rings. The fraction of sp³-hybridized carbons (Fsp3) is 0.333. The monoisotopic (exact) mass is 498 g/mol. The van der Waals surface area contributed by atoms with Gasteiger partial charge in [-0.05, 0) is 24.3 Å². The van der Waals surface area contributed by atoms with E-state index in [4.69, 9.17) is 18.9 Å². The standard InChI is InChI=1S/C21H22O14/c1-32-21-17(29)16(28)18(35-20(31)8-4-11(24)15(27)12(25)5-8)13(34-21)6-33-19(30)7-2-9(22)14(26)10(23)3-7/h2-5,13,16-18,21-29H,6H2,1H3. The van der Waals surface area contributed by atoms with E-state index in [1.807, 2.05) is 0 Å². The highest BCUT2D eigenvalue weighted by Gasteiger charge is 2.47. The number of hydrogen-bond acceptors (Lipinski definition) is 14. The number of carbonyl (C=O) groups excluding carboxylic acids is 2. The third-order valence-corrected chi connectivity index (χ3v) is 5.11. The molecular formula is C21H22O14. The second-order valence-corrected chi connectivity index (χ2v) is 7.45. The van der Waals surface area contributed by atoms with E-state index in [0.29, 0.717) is 0 Å². The molecule has 5 atom stereocenters. The van der Waals surface area contributed by atoms with Crippen LogP contribution < -0.4 is 0 Å². The van der Waals surface area contributed by atoms with Crippen LogP contribution in [0.1, 0.15) is 20.7 Å². The lowest BCUT2D eigenvalue weighted by atomic mass is 9.98. The van der Waals surface area contributed by atoms with Crippen LogP contribution in [0.2, 0.25) is 0 Å². The topological polar surface area (TPSA) is 233 Å². The summed E-state index contributed by atoms with van der Waals surface area (Å²) in [6.45, 7) is -0.686. The Labute approximate surface area is 196 Å². The maximum absolute atomic E-state index is 12.6. The van der Waals surface area contributed by atoms with E-state index >= 15 is 0 Å². The molecule has 0 bridgehead atoms. The minimum Gasteiger partial charge on any atom is -0.504 e. The van der Waals surface area contributed by atoms with E-state index in [9.17, 15) is 50.4 Å². The van der Waals surface area contributed by atoms with Crippen molar-refractivity contribution in [2.45, 2.75) is 30.7 Å². The average molecular weight is 498 g/mol. The predicted molar refractivity (Wildman–Crippen MR) is 110 cm³/mol. The Morgan fingerprint density at radius 1 is 0.800 bits per heavy atom. The Kier molecular flexibility index (Phi) is 7.40. The molecule has 8 N–H and O–H groups in total. The summed E-state index contributed by atoms with van der Waals surface area (Å²) in [5, 5.41) is 77.8. The molecule has 1 aliphatic heterocycles. The smallest absolute Gasteiger partial charge is 0.338 e. The Bertz CT molecular complexity index is 1070. The van der Waals surface area contributed by atoms with Crippen molar-refractivity contribution in [3.05, 3.63) is 35.4 Å². The van der Waals surface area contributed by atoms with E-state index in [2.05, 4.69) is 0 Å². The zero-order valence-corrected chi connectivity index (χ0v) is 17.9. The number of hydrogen-bond donors (Lipinski definition) is 8. The summed E-state index contributed by atoms with van der Waals surface area (Å²) >= 11 is 0. The molecule has 14 nitrogen and oxygen atoms in total. The Hall–Kier alpha value is -3.98. The number of aliphatic hydroxyl groups excluding tert-OH is 2. The van der Waals surface area contributed by atoms with Crippen molar-refractivity contribution >= 4 is 11.9 Å². The quantitative estimate of drug-likeness (QED) is 0.183. The number of phenolic OH excluding ortho intramolecular Hbond substituents is 6. The molecule has 0 saturated carbocycles. The third-order valence-electron chi connectivity index (χ3n) is 5.11. The van der Waals surface area contributed by atoms with Gasteiger partial charge < -0.3 is 59.8 Å². The first-order chi connectivity index (χ1) is 16.4. The van der Waals surface area contributed by atoms with Crippen molar-refractivity contribution in [2.75, 3.05) is 13.7 Å². The SMILES string of the molecule is COC1OC(COC(=O)c2cc(O)c(O)c(O)c2)C(OC(=O)c2cc(O)c(O)c(O)c2)C(O)C1O. The highest BCUT2D eigenvalue weighted by molar-refractivity contribution is 5.92. The number of ether oxygens (including phenoxy) is 4. The van der Waals surface area contributed by atoms with Crippen LogP contribution in [0, 0.1) is 0 Å². The molecule has 1 aliphatic rings. The van der Waals surface area contributed by atoms with Crippen LogP contribution in [0.15, 0.2) is 24.3 Å². The van der Waals surface area contributed by atoms with Gasteiger partial charge in [-0.3, -0.25) is 0 Å². The van der Waals surface area contributed by atoms with E-state index in [-0.39, 0.29) is 5.56 Å². The Morgan fingerprint density at radius 3 is 1.71 bits per heavy atom. The second kappa shape index (κ2) is 10.1. The molecule has 2 aromatic carbocycles. The maximum atomic E-state index is 12.6. The molecule has 0 aromatic heterocycles. The molecule has 14 heteroatoms. The van der Waals surface area contributed by atoms with Crippen LogP contribution in [0.5, 0.6) is 34.5 Å². The van der Waals surface area contributed by atoms with Crippen molar-refractivity contribution in [3.8, 4) is 34.5 Å². The number of methoxy groups -OCH3 is 1. The van der Waals surface area contributed by atoms with Crippen LogP contribution in [0.25, 0.3) is 0 Å². The summed E-state index contributed by atoms with van der Waals surface area (Å²) in [4.78, 5) is 24.9. The fourth-order valence-corrected chi connectivity index (χ4v) is 3.26. The van der Waals surface area contributed by atoms with Gasteiger partial charge in [0.2, 0.25) is 0 Å². The van der Waals surface area contributed by atoms with Gasteiger partial charge in [-0.2, -0.15) is 0 Å². The molecule has 0 aliphatic carbocycles. The summed E-state index contributed by atoms with van der Waals surface area (Å²) in [6.07, 6.45) is -7.98. The lowest BCUT2D eigenvalue weighted by Gasteiger charge is -2.41.